The number of amides is 1. The Kier molecular flexibility index (Phi) is 2.87. The maximum atomic E-state index is 11.2. The molecule has 2 rings (SSSR count). The van der Waals surface area contributed by atoms with Crippen LogP contribution in [0, 0.1) is 0 Å². The summed E-state index contributed by atoms with van der Waals surface area (Å²) >= 11 is 0. The van der Waals surface area contributed by atoms with Crippen LogP contribution in [-0.2, 0) is 4.79 Å². The highest BCUT2D eigenvalue weighted by molar-refractivity contribution is 5.87. The molecule has 1 amide bonds. The number of likely N-dealkylation sites (tertiary alicyclic amines) is 2. The number of piperidine rings is 1. The van der Waals surface area contributed by atoms with Gasteiger partial charge in [0.15, 0.2) is 0 Å². The molecule has 0 spiro atoms. The standard InChI is InChI=1S/C11H18N2O/c1-2-11(14)13-8-10(9-13)12-6-4-3-5-7-12/h2,10H,1,3-9H2. The van der Waals surface area contributed by atoms with Gasteiger partial charge in [-0.15, -0.1) is 0 Å². The normalized spacial score (nSPS) is 24.4. The zero-order chi connectivity index (χ0) is 9.97. The molecule has 0 radical (unpaired) electrons. The average Bonchev–Trinajstić information content (AvgIpc) is 2.17. The van der Waals surface area contributed by atoms with Crippen molar-refractivity contribution >= 4 is 5.91 Å². The van der Waals surface area contributed by atoms with Gasteiger partial charge in [0.05, 0.1) is 0 Å². The van der Waals surface area contributed by atoms with Crippen molar-refractivity contribution in [3.8, 4) is 0 Å². The average molecular weight is 194 g/mol. The molecule has 78 valence electrons. The largest absolute Gasteiger partial charge is 0.336 e. The first-order valence-electron chi connectivity index (χ1n) is 5.46. The van der Waals surface area contributed by atoms with E-state index in [4.69, 9.17) is 0 Å². The van der Waals surface area contributed by atoms with Crippen molar-refractivity contribution in [3.05, 3.63) is 12.7 Å². The Morgan fingerprint density at radius 2 is 1.86 bits per heavy atom. The summed E-state index contributed by atoms with van der Waals surface area (Å²) in [6.07, 6.45) is 5.43. The van der Waals surface area contributed by atoms with Crippen LogP contribution in [0.2, 0.25) is 0 Å². The van der Waals surface area contributed by atoms with Gasteiger partial charge < -0.3 is 4.90 Å². The first-order chi connectivity index (χ1) is 6.81. The molecule has 2 aliphatic rings. The molecule has 14 heavy (non-hydrogen) atoms. The van der Waals surface area contributed by atoms with Gasteiger partial charge in [-0.25, -0.2) is 0 Å². The summed E-state index contributed by atoms with van der Waals surface area (Å²) in [5.74, 6) is 0.0817. The molecular weight excluding hydrogens is 176 g/mol. The Balaban J connectivity index is 1.76. The minimum absolute atomic E-state index is 0.0817. The van der Waals surface area contributed by atoms with Crippen LogP contribution < -0.4 is 0 Å². The maximum Gasteiger partial charge on any atom is 0.246 e. The number of carbonyl (C=O) groups excluding carboxylic acids is 1. The van der Waals surface area contributed by atoms with E-state index in [0.29, 0.717) is 6.04 Å². The quantitative estimate of drug-likeness (QED) is 0.609. The van der Waals surface area contributed by atoms with Crippen molar-refractivity contribution in [2.24, 2.45) is 0 Å². The summed E-state index contributed by atoms with van der Waals surface area (Å²) in [6, 6.07) is 0.624. The topological polar surface area (TPSA) is 23.6 Å². The first-order valence-corrected chi connectivity index (χ1v) is 5.46. The third-order valence-electron chi connectivity index (χ3n) is 3.26. The van der Waals surface area contributed by atoms with E-state index in [1.54, 1.807) is 0 Å². The van der Waals surface area contributed by atoms with Gasteiger partial charge in [-0.1, -0.05) is 13.0 Å². The molecule has 0 saturated carbocycles. The summed E-state index contributed by atoms with van der Waals surface area (Å²) in [6.45, 7) is 7.76. The highest BCUT2D eigenvalue weighted by Crippen LogP contribution is 2.19. The molecule has 3 nitrogen and oxygen atoms in total. The van der Waals surface area contributed by atoms with E-state index in [2.05, 4.69) is 11.5 Å². The molecule has 0 aromatic rings. The predicted octanol–water partition coefficient (Wildman–Crippen LogP) is 0.869. The molecule has 2 aliphatic heterocycles. The van der Waals surface area contributed by atoms with Crippen LogP contribution in [0.25, 0.3) is 0 Å². The third kappa shape index (κ3) is 1.82. The number of rotatable bonds is 2. The molecule has 2 fully saturated rings. The summed E-state index contributed by atoms with van der Waals surface area (Å²) < 4.78 is 0. The van der Waals surface area contributed by atoms with E-state index < -0.39 is 0 Å². The van der Waals surface area contributed by atoms with Gasteiger partial charge in [-0.2, -0.15) is 0 Å². The fourth-order valence-electron chi connectivity index (χ4n) is 2.28. The van der Waals surface area contributed by atoms with Crippen LogP contribution in [0.5, 0.6) is 0 Å². The van der Waals surface area contributed by atoms with Crippen LogP contribution >= 0.6 is 0 Å². The third-order valence-corrected chi connectivity index (χ3v) is 3.26. The van der Waals surface area contributed by atoms with E-state index in [-0.39, 0.29) is 5.91 Å². The molecule has 2 heterocycles. The second kappa shape index (κ2) is 4.13. The van der Waals surface area contributed by atoms with Gasteiger partial charge in [0, 0.05) is 19.1 Å². The summed E-state index contributed by atoms with van der Waals surface area (Å²) in [4.78, 5) is 15.6. The van der Waals surface area contributed by atoms with Crippen molar-refractivity contribution in [2.45, 2.75) is 25.3 Å². The van der Waals surface area contributed by atoms with Crippen LogP contribution in [0.1, 0.15) is 19.3 Å². The minimum Gasteiger partial charge on any atom is -0.336 e. The lowest BCUT2D eigenvalue weighted by molar-refractivity contribution is -0.133. The monoisotopic (exact) mass is 194 g/mol. The zero-order valence-corrected chi connectivity index (χ0v) is 8.61. The highest BCUT2D eigenvalue weighted by atomic mass is 16.2. The fourth-order valence-corrected chi connectivity index (χ4v) is 2.28. The Morgan fingerprint density at radius 1 is 1.21 bits per heavy atom. The maximum absolute atomic E-state index is 11.2. The fraction of sp³-hybridized carbons (Fsp3) is 0.727. The van der Waals surface area contributed by atoms with Crippen molar-refractivity contribution < 1.29 is 4.79 Å². The molecule has 0 aliphatic carbocycles. The number of nitrogens with zero attached hydrogens (tertiary/aromatic N) is 2. The van der Waals surface area contributed by atoms with Crippen LogP contribution in [0.4, 0.5) is 0 Å². The Bertz CT molecular complexity index is 227. The smallest absolute Gasteiger partial charge is 0.246 e. The van der Waals surface area contributed by atoms with Crippen molar-refractivity contribution in [3.63, 3.8) is 0 Å². The lowest BCUT2D eigenvalue weighted by Gasteiger charge is -2.46. The number of carbonyl (C=O) groups is 1. The Morgan fingerprint density at radius 3 is 2.43 bits per heavy atom. The van der Waals surface area contributed by atoms with Gasteiger partial charge in [-0.3, -0.25) is 9.69 Å². The first kappa shape index (κ1) is 9.71. The Labute approximate surface area is 85.4 Å². The molecule has 0 bridgehead atoms. The van der Waals surface area contributed by atoms with Crippen molar-refractivity contribution in [1.29, 1.82) is 0 Å². The highest BCUT2D eigenvalue weighted by Gasteiger charge is 2.33. The molecule has 2 saturated heterocycles. The van der Waals surface area contributed by atoms with Gasteiger partial charge in [0.2, 0.25) is 5.91 Å². The van der Waals surface area contributed by atoms with E-state index in [9.17, 15) is 4.79 Å². The minimum atomic E-state index is 0.0817. The molecule has 0 aromatic heterocycles. The van der Waals surface area contributed by atoms with Gasteiger partial charge >= 0.3 is 0 Å². The predicted molar refractivity (Wildman–Crippen MR) is 56.0 cm³/mol. The molecular formula is C11H18N2O. The molecule has 0 atom stereocenters. The van der Waals surface area contributed by atoms with Crippen LogP contribution in [0.15, 0.2) is 12.7 Å². The summed E-state index contributed by atoms with van der Waals surface area (Å²) in [7, 11) is 0. The van der Waals surface area contributed by atoms with Crippen LogP contribution in [0.3, 0.4) is 0 Å². The summed E-state index contributed by atoms with van der Waals surface area (Å²) in [5.41, 5.74) is 0. The lowest BCUT2D eigenvalue weighted by Crippen LogP contribution is -2.61. The lowest BCUT2D eigenvalue weighted by atomic mass is 10.0. The van der Waals surface area contributed by atoms with E-state index in [0.717, 1.165) is 13.1 Å². The summed E-state index contributed by atoms with van der Waals surface area (Å²) in [5, 5.41) is 0. The molecule has 3 heteroatoms. The van der Waals surface area contributed by atoms with E-state index in [1.807, 2.05) is 4.90 Å². The number of hydrogen-bond acceptors (Lipinski definition) is 2. The van der Waals surface area contributed by atoms with Gasteiger partial charge in [-0.05, 0) is 32.0 Å². The van der Waals surface area contributed by atoms with E-state index in [1.165, 1.54) is 38.4 Å². The number of hydrogen-bond donors (Lipinski definition) is 0. The molecule has 0 aromatic carbocycles. The Hall–Kier alpha value is -0.830. The SMILES string of the molecule is C=CC(=O)N1CC(N2CCCCC2)C1. The van der Waals surface area contributed by atoms with Crippen molar-refractivity contribution in [2.75, 3.05) is 26.2 Å². The second-order valence-electron chi connectivity index (χ2n) is 4.20. The molecule has 0 unspecified atom stereocenters. The molecule has 0 N–H and O–H groups in total. The van der Waals surface area contributed by atoms with E-state index >= 15 is 0 Å². The zero-order valence-electron chi connectivity index (χ0n) is 8.61. The second-order valence-corrected chi connectivity index (χ2v) is 4.20. The van der Waals surface area contributed by atoms with Gasteiger partial charge in [0.1, 0.15) is 0 Å². The van der Waals surface area contributed by atoms with Gasteiger partial charge in [0.25, 0.3) is 0 Å². The van der Waals surface area contributed by atoms with Crippen LogP contribution in [-0.4, -0.2) is 47.9 Å². The van der Waals surface area contributed by atoms with Crippen molar-refractivity contribution in [1.82, 2.24) is 9.80 Å².